The molecule has 0 unspecified atom stereocenters. The largest absolute Gasteiger partial charge is 0.458 e. The molecule has 0 amide bonds. The molecule has 3 nitrogen and oxygen atoms in total. The number of nitrogens with one attached hydrogen (secondary N) is 1. The van der Waals surface area contributed by atoms with Crippen LogP contribution >= 0.6 is 11.6 Å². The summed E-state index contributed by atoms with van der Waals surface area (Å²) >= 11 is 6.14. The van der Waals surface area contributed by atoms with Gasteiger partial charge in [-0.15, -0.1) is 0 Å². The van der Waals surface area contributed by atoms with Crippen LogP contribution in [0.5, 0.6) is 0 Å². The molecule has 1 atom stereocenters. The van der Waals surface area contributed by atoms with Gasteiger partial charge in [0.05, 0.1) is 0 Å². The fraction of sp³-hybridized carbons (Fsp3) is 0.250. The van der Waals surface area contributed by atoms with Crippen molar-refractivity contribution in [1.29, 1.82) is 0 Å². The first-order chi connectivity index (χ1) is 11.6. The van der Waals surface area contributed by atoms with Crippen molar-refractivity contribution in [3.05, 3.63) is 70.9 Å². The Bertz CT molecular complexity index is 840. The number of aromatic amines is 1. The van der Waals surface area contributed by atoms with Crippen molar-refractivity contribution in [2.24, 2.45) is 0 Å². The van der Waals surface area contributed by atoms with Crippen molar-refractivity contribution in [3.63, 3.8) is 0 Å². The number of carbonyl (C=O) groups excluding carboxylic acids is 1. The number of halogens is 1. The average Bonchev–Trinajstić information content (AvgIpc) is 2.98. The lowest BCUT2D eigenvalue weighted by atomic mass is 10.1. The molecule has 0 aliphatic rings. The number of H-pyrrole nitrogens is 1. The zero-order chi connectivity index (χ0) is 16.9. The third-order valence-electron chi connectivity index (χ3n) is 4.15. The topological polar surface area (TPSA) is 42.1 Å². The molecule has 24 heavy (non-hydrogen) atoms. The fourth-order valence-electron chi connectivity index (χ4n) is 2.89. The third kappa shape index (κ3) is 3.80. The molecule has 0 aliphatic carbocycles. The minimum Gasteiger partial charge on any atom is -0.458 e. The molecule has 4 heteroatoms. The molecule has 124 valence electrons. The number of esters is 1. The number of para-hydroxylation sites is 1. The first-order valence-electron chi connectivity index (χ1n) is 8.14. The van der Waals surface area contributed by atoms with Crippen molar-refractivity contribution >= 4 is 28.5 Å². The van der Waals surface area contributed by atoms with Gasteiger partial charge < -0.3 is 9.72 Å². The second-order valence-corrected chi connectivity index (χ2v) is 6.27. The van der Waals surface area contributed by atoms with E-state index in [1.54, 1.807) is 6.07 Å². The van der Waals surface area contributed by atoms with Crippen LogP contribution in [0, 0.1) is 0 Å². The van der Waals surface area contributed by atoms with E-state index in [1.807, 2.05) is 43.5 Å². The van der Waals surface area contributed by atoms with Gasteiger partial charge in [-0.05, 0) is 37.5 Å². The predicted octanol–water partition coefficient (Wildman–Crippen LogP) is 5.45. The molecule has 1 N–H and O–H groups in total. The van der Waals surface area contributed by atoms with Gasteiger partial charge in [-0.1, -0.05) is 48.0 Å². The molecule has 0 saturated carbocycles. The number of ether oxygens (including phenoxy) is 1. The van der Waals surface area contributed by atoms with Gasteiger partial charge in [0.25, 0.3) is 0 Å². The Kier molecular flexibility index (Phi) is 5.21. The van der Waals surface area contributed by atoms with Crippen LogP contribution < -0.4 is 0 Å². The molecule has 2 aromatic carbocycles. The lowest BCUT2D eigenvalue weighted by Crippen LogP contribution is -2.09. The molecule has 0 aliphatic heterocycles. The Balaban J connectivity index is 1.52. The van der Waals surface area contributed by atoms with Gasteiger partial charge in [-0.3, -0.25) is 4.79 Å². The monoisotopic (exact) mass is 341 g/mol. The number of rotatable bonds is 6. The minimum atomic E-state index is -0.334. The summed E-state index contributed by atoms with van der Waals surface area (Å²) in [6.45, 7) is 1.85. The van der Waals surface area contributed by atoms with Crippen LogP contribution in [0.2, 0.25) is 5.02 Å². The Morgan fingerprint density at radius 2 is 1.92 bits per heavy atom. The molecule has 1 aromatic heterocycles. The second kappa shape index (κ2) is 7.54. The van der Waals surface area contributed by atoms with E-state index in [0.29, 0.717) is 11.4 Å². The Morgan fingerprint density at radius 3 is 2.75 bits per heavy atom. The maximum atomic E-state index is 12.1. The summed E-state index contributed by atoms with van der Waals surface area (Å²) in [5.41, 5.74) is 3.20. The van der Waals surface area contributed by atoms with E-state index >= 15 is 0 Å². The normalized spacial score (nSPS) is 12.2. The first-order valence-corrected chi connectivity index (χ1v) is 8.52. The van der Waals surface area contributed by atoms with Crippen LogP contribution in [0.25, 0.3) is 10.9 Å². The Labute approximate surface area is 146 Å². The molecule has 0 bridgehead atoms. The number of fused-ring (bicyclic) bond motifs is 1. The highest BCUT2D eigenvalue weighted by Crippen LogP contribution is 2.25. The van der Waals surface area contributed by atoms with E-state index in [4.69, 9.17) is 16.3 Å². The lowest BCUT2D eigenvalue weighted by Gasteiger charge is -2.14. The number of hydrogen-bond donors (Lipinski definition) is 1. The van der Waals surface area contributed by atoms with Crippen molar-refractivity contribution in [1.82, 2.24) is 4.98 Å². The van der Waals surface area contributed by atoms with Crippen LogP contribution in [0.4, 0.5) is 0 Å². The zero-order valence-corrected chi connectivity index (χ0v) is 14.3. The fourth-order valence-corrected chi connectivity index (χ4v) is 3.18. The van der Waals surface area contributed by atoms with Crippen LogP contribution in [0.1, 0.15) is 37.0 Å². The average molecular weight is 342 g/mol. The van der Waals surface area contributed by atoms with Crippen LogP contribution in [0.15, 0.2) is 54.7 Å². The summed E-state index contributed by atoms with van der Waals surface area (Å²) in [6, 6.07) is 15.6. The first kappa shape index (κ1) is 16.6. The highest BCUT2D eigenvalue weighted by molar-refractivity contribution is 6.31. The molecule has 0 spiro atoms. The summed E-state index contributed by atoms with van der Waals surface area (Å²) in [5, 5.41) is 1.84. The van der Waals surface area contributed by atoms with Gasteiger partial charge in [0, 0.05) is 34.1 Å². The summed E-state index contributed by atoms with van der Waals surface area (Å²) in [5.74, 6) is -0.192. The van der Waals surface area contributed by atoms with E-state index in [-0.39, 0.29) is 12.1 Å². The van der Waals surface area contributed by atoms with Crippen molar-refractivity contribution in [2.75, 3.05) is 0 Å². The van der Waals surface area contributed by atoms with Gasteiger partial charge >= 0.3 is 5.97 Å². The molecular formula is C20H20ClNO2. The number of carbonyl (C=O) groups is 1. The van der Waals surface area contributed by atoms with E-state index in [0.717, 1.165) is 23.9 Å². The highest BCUT2D eigenvalue weighted by Gasteiger charge is 2.14. The van der Waals surface area contributed by atoms with Gasteiger partial charge in [-0.2, -0.15) is 0 Å². The second-order valence-electron chi connectivity index (χ2n) is 5.87. The Hall–Kier alpha value is -2.26. The van der Waals surface area contributed by atoms with E-state index in [2.05, 4.69) is 17.1 Å². The van der Waals surface area contributed by atoms with Gasteiger partial charge in [0.15, 0.2) is 0 Å². The standard InChI is InChI=1S/C20H20ClNO2/c1-14(16-8-2-4-10-18(16)21)24-20(23)12-6-7-15-13-22-19-11-5-3-9-17(15)19/h2-5,8-11,13-14,22H,6-7,12H2,1H3/t14-/m0/s1. The minimum absolute atomic E-state index is 0.192. The molecule has 3 rings (SSSR count). The lowest BCUT2D eigenvalue weighted by molar-refractivity contribution is -0.148. The smallest absolute Gasteiger partial charge is 0.306 e. The summed E-state index contributed by atoms with van der Waals surface area (Å²) < 4.78 is 5.49. The molecular weight excluding hydrogens is 322 g/mol. The summed E-state index contributed by atoms with van der Waals surface area (Å²) in [7, 11) is 0. The number of aromatic nitrogens is 1. The van der Waals surface area contributed by atoms with E-state index in [1.165, 1.54) is 10.9 Å². The predicted molar refractivity (Wildman–Crippen MR) is 97.2 cm³/mol. The molecule has 0 radical (unpaired) electrons. The summed E-state index contributed by atoms with van der Waals surface area (Å²) in [4.78, 5) is 15.3. The zero-order valence-electron chi connectivity index (χ0n) is 13.6. The Morgan fingerprint density at radius 1 is 1.17 bits per heavy atom. The SMILES string of the molecule is C[C@H](OC(=O)CCCc1c[nH]c2ccccc12)c1ccccc1Cl. The van der Waals surface area contributed by atoms with Gasteiger partial charge in [-0.25, -0.2) is 0 Å². The van der Waals surface area contributed by atoms with Crippen molar-refractivity contribution in [2.45, 2.75) is 32.3 Å². The van der Waals surface area contributed by atoms with Crippen molar-refractivity contribution < 1.29 is 9.53 Å². The van der Waals surface area contributed by atoms with E-state index < -0.39 is 0 Å². The van der Waals surface area contributed by atoms with Gasteiger partial charge in [0.2, 0.25) is 0 Å². The molecule has 0 fully saturated rings. The number of benzene rings is 2. The van der Waals surface area contributed by atoms with E-state index in [9.17, 15) is 4.79 Å². The maximum Gasteiger partial charge on any atom is 0.306 e. The summed E-state index contributed by atoms with van der Waals surface area (Å²) in [6.07, 6.45) is 3.69. The van der Waals surface area contributed by atoms with Crippen molar-refractivity contribution in [3.8, 4) is 0 Å². The van der Waals surface area contributed by atoms with Gasteiger partial charge in [0.1, 0.15) is 6.10 Å². The number of aryl methyl sites for hydroxylation is 1. The molecule has 1 heterocycles. The maximum absolute atomic E-state index is 12.1. The van der Waals surface area contributed by atoms with Crippen LogP contribution in [-0.2, 0) is 16.0 Å². The number of hydrogen-bond acceptors (Lipinski definition) is 2. The van der Waals surface area contributed by atoms with Crippen LogP contribution in [0.3, 0.4) is 0 Å². The third-order valence-corrected chi connectivity index (χ3v) is 4.50. The highest BCUT2D eigenvalue weighted by atomic mass is 35.5. The van der Waals surface area contributed by atoms with Crippen LogP contribution in [-0.4, -0.2) is 11.0 Å². The molecule has 0 saturated heterocycles. The quantitative estimate of drug-likeness (QED) is 0.606. The molecule has 3 aromatic rings.